The summed E-state index contributed by atoms with van der Waals surface area (Å²) in [6.07, 6.45) is 5.57. The summed E-state index contributed by atoms with van der Waals surface area (Å²) in [5.74, 6) is 0.0148. The lowest BCUT2D eigenvalue weighted by Gasteiger charge is -2.37. The molecule has 0 unspecified atom stereocenters. The molecule has 2 aliphatic heterocycles. The van der Waals surface area contributed by atoms with E-state index in [1.165, 1.54) is 0 Å². The van der Waals surface area contributed by atoms with Crippen molar-refractivity contribution in [1.82, 2.24) is 20.0 Å². The van der Waals surface area contributed by atoms with Gasteiger partial charge in [0.2, 0.25) is 0 Å². The summed E-state index contributed by atoms with van der Waals surface area (Å²) in [7, 11) is 0. The molecule has 138 valence electrons. The van der Waals surface area contributed by atoms with Crippen molar-refractivity contribution in [1.29, 1.82) is 0 Å². The highest BCUT2D eigenvalue weighted by Crippen LogP contribution is 2.35. The van der Waals surface area contributed by atoms with Gasteiger partial charge in [-0.2, -0.15) is 5.10 Å². The van der Waals surface area contributed by atoms with Crippen molar-refractivity contribution in [3.8, 4) is 0 Å². The van der Waals surface area contributed by atoms with Crippen LogP contribution in [0.2, 0.25) is 0 Å². The van der Waals surface area contributed by atoms with Crippen LogP contribution in [0.5, 0.6) is 0 Å². The molecule has 0 aliphatic carbocycles. The third-order valence-corrected chi connectivity index (χ3v) is 5.50. The fourth-order valence-corrected chi connectivity index (χ4v) is 3.88. The third-order valence-electron chi connectivity index (χ3n) is 5.50. The summed E-state index contributed by atoms with van der Waals surface area (Å²) in [6, 6.07) is 0.203. The molecule has 0 saturated carbocycles. The molecule has 3 heterocycles. The highest BCUT2D eigenvalue weighted by Gasteiger charge is 2.48. The summed E-state index contributed by atoms with van der Waals surface area (Å²) < 4.78 is 5.76. The molecule has 1 atom stereocenters. The highest BCUT2D eigenvalue weighted by atomic mass is 16.6. The predicted octanol–water partition coefficient (Wildman–Crippen LogP) is 2.59. The zero-order chi connectivity index (χ0) is 18.0. The topological polar surface area (TPSA) is 78.5 Å². The fourth-order valence-electron chi connectivity index (χ4n) is 3.88. The first-order valence-corrected chi connectivity index (χ1v) is 9.31. The molecule has 1 N–H and O–H groups in total. The van der Waals surface area contributed by atoms with Gasteiger partial charge in [0.1, 0.15) is 5.60 Å². The van der Waals surface area contributed by atoms with Crippen LogP contribution >= 0.6 is 0 Å². The molecule has 1 aromatic heterocycles. The monoisotopic (exact) mass is 348 g/mol. The van der Waals surface area contributed by atoms with Crippen LogP contribution in [0.15, 0.2) is 6.20 Å². The number of carbonyl (C=O) groups is 2. The molecule has 1 aromatic rings. The van der Waals surface area contributed by atoms with Gasteiger partial charge in [-0.3, -0.25) is 9.89 Å². The van der Waals surface area contributed by atoms with Crippen LogP contribution in [0.25, 0.3) is 0 Å². The molecule has 2 saturated heterocycles. The second kappa shape index (κ2) is 7.06. The zero-order valence-corrected chi connectivity index (χ0v) is 15.4. The van der Waals surface area contributed by atoms with Crippen molar-refractivity contribution in [3.63, 3.8) is 0 Å². The second-order valence-electron chi connectivity index (χ2n) is 7.22. The Balaban J connectivity index is 1.62. The molecule has 0 radical (unpaired) electrons. The number of aryl methyl sites for hydroxylation is 1. The number of aromatic amines is 1. The molecule has 7 heteroatoms. The number of hydrogen-bond acceptors (Lipinski definition) is 4. The van der Waals surface area contributed by atoms with Crippen molar-refractivity contribution in [2.45, 2.75) is 64.5 Å². The number of nitrogens with zero attached hydrogens (tertiary/aromatic N) is 3. The Hall–Kier alpha value is -2.05. The molecule has 7 nitrogen and oxygen atoms in total. The minimum Gasteiger partial charge on any atom is -0.441 e. The number of carbonyl (C=O) groups excluding carboxylic acids is 2. The number of H-pyrrole nitrogens is 1. The van der Waals surface area contributed by atoms with Crippen LogP contribution in [0.3, 0.4) is 0 Å². The van der Waals surface area contributed by atoms with Gasteiger partial charge in [-0.25, -0.2) is 4.79 Å². The summed E-state index contributed by atoms with van der Waals surface area (Å²) in [4.78, 5) is 28.7. The van der Waals surface area contributed by atoms with Crippen molar-refractivity contribution < 1.29 is 14.3 Å². The normalized spacial score (nSPS) is 20.8. The van der Waals surface area contributed by atoms with Crippen molar-refractivity contribution >= 4 is 12.0 Å². The van der Waals surface area contributed by atoms with E-state index < -0.39 is 5.60 Å². The minimum atomic E-state index is -0.431. The number of hydrogen-bond donors (Lipinski definition) is 1. The molecule has 1 spiro atoms. The molecule has 3 rings (SSSR count). The third kappa shape index (κ3) is 3.37. The standard InChI is InChI=1S/C18H28N4O3/c1-4-6-13(3)22-12-18(25-17(22)24)7-9-21(10-8-18)16(23)14-11-19-20-15(14)5-2/h11,13H,4-10,12H2,1-3H3,(H,19,20)/t13-/m0/s1. The van der Waals surface area contributed by atoms with Gasteiger partial charge in [0.15, 0.2) is 0 Å². The molecular weight excluding hydrogens is 320 g/mol. The van der Waals surface area contributed by atoms with Crippen LogP contribution < -0.4 is 0 Å². The second-order valence-corrected chi connectivity index (χ2v) is 7.22. The average molecular weight is 348 g/mol. The van der Waals surface area contributed by atoms with E-state index in [4.69, 9.17) is 4.74 Å². The first kappa shape index (κ1) is 17.8. The molecule has 0 bridgehead atoms. The van der Waals surface area contributed by atoms with Gasteiger partial charge in [-0.05, 0) is 19.8 Å². The Kier molecular flexibility index (Phi) is 5.01. The highest BCUT2D eigenvalue weighted by molar-refractivity contribution is 5.95. The van der Waals surface area contributed by atoms with Gasteiger partial charge in [0.05, 0.1) is 18.3 Å². The Morgan fingerprint density at radius 2 is 2.12 bits per heavy atom. The summed E-state index contributed by atoms with van der Waals surface area (Å²) in [5.41, 5.74) is 1.09. The molecule has 2 amide bonds. The van der Waals surface area contributed by atoms with Gasteiger partial charge in [-0.1, -0.05) is 20.3 Å². The van der Waals surface area contributed by atoms with Crippen molar-refractivity contribution in [3.05, 3.63) is 17.5 Å². The Bertz CT molecular complexity index is 634. The summed E-state index contributed by atoms with van der Waals surface area (Å²) in [6.45, 7) is 8.05. The van der Waals surface area contributed by atoms with E-state index in [1.54, 1.807) is 6.20 Å². The quantitative estimate of drug-likeness (QED) is 0.887. The number of nitrogens with one attached hydrogen (secondary N) is 1. The van der Waals surface area contributed by atoms with Gasteiger partial charge in [-0.15, -0.1) is 0 Å². The Morgan fingerprint density at radius 3 is 2.76 bits per heavy atom. The number of ether oxygens (including phenoxy) is 1. The van der Waals surface area contributed by atoms with E-state index in [1.807, 2.05) is 16.7 Å². The minimum absolute atomic E-state index is 0.0148. The largest absolute Gasteiger partial charge is 0.441 e. The number of aromatic nitrogens is 2. The lowest BCUT2D eigenvalue weighted by molar-refractivity contribution is 0.00304. The van der Waals surface area contributed by atoms with E-state index >= 15 is 0 Å². The van der Waals surface area contributed by atoms with Gasteiger partial charge in [0.25, 0.3) is 5.91 Å². The molecular formula is C18H28N4O3. The van der Waals surface area contributed by atoms with Crippen molar-refractivity contribution in [2.75, 3.05) is 19.6 Å². The fraction of sp³-hybridized carbons (Fsp3) is 0.722. The van der Waals surface area contributed by atoms with Crippen molar-refractivity contribution in [2.24, 2.45) is 0 Å². The predicted molar refractivity (Wildman–Crippen MR) is 93.4 cm³/mol. The lowest BCUT2D eigenvalue weighted by atomic mass is 9.90. The first-order chi connectivity index (χ1) is 12.0. The van der Waals surface area contributed by atoms with Crippen LogP contribution in [-0.2, 0) is 11.2 Å². The first-order valence-electron chi connectivity index (χ1n) is 9.31. The maximum atomic E-state index is 12.7. The van der Waals surface area contributed by atoms with E-state index in [2.05, 4.69) is 24.0 Å². The average Bonchev–Trinajstić information content (AvgIpc) is 3.20. The van der Waals surface area contributed by atoms with Gasteiger partial charge >= 0.3 is 6.09 Å². The molecule has 25 heavy (non-hydrogen) atoms. The summed E-state index contributed by atoms with van der Waals surface area (Å²) >= 11 is 0. The van der Waals surface area contributed by atoms with E-state index in [-0.39, 0.29) is 18.0 Å². The van der Waals surface area contributed by atoms with Crippen LogP contribution in [0.1, 0.15) is 62.5 Å². The zero-order valence-electron chi connectivity index (χ0n) is 15.4. The molecule has 0 aromatic carbocycles. The van der Waals surface area contributed by atoms with E-state index in [9.17, 15) is 9.59 Å². The maximum Gasteiger partial charge on any atom is 0.410 e. The van der Waals surface area contributed by atoms with E-state index in [0.717, 1.165) is 25.0 Å². The number of piperidine rings is 1. The van der Waals surface area contributed by atoms with Crippen LogP contribution in [-0.4, -0.2) is 63.3 Å². The lowest BCUT2D eigenvalue weighted by Crippen LogP contribution is -2.49. The maximum absolute atomic E-state index is 12.7. The molecule has 2 fully saturated rings. The van der Waals surface area contributed by atoms with E-state index in [0.29, 0.717) is 38.0 Å². The van der Waals surface area contributed by atoms with Gasteiger partial charge in [0, 0.05) is 37.7 Å². The Morgan fingerprint density at radius 1 is 1.40 bits per heavy atom. The number of amides is 2. The van der Waals surface area contributed by atoms with Crippen LogP contribution in [0, 0.1) is 0 Å². The Labute approximate surface area is 148 Å². The SMILES string of the molecule is CCC[C@H](C)N1CC2(CCN(C(=O)c3cn[nH]c3CC)CC2)OC1=O. The summed E-state index contributed by atoms with van der Waals surface area (Å²) in [5, 5.41) is 6.87. The number of likely N-dealkylation sites (tertiary alicyclic amines) is 1. The van der Waals surface area contributed by atoms with Gasteiger partial charge < -0.3 is 14.5 Å². The van der Waals surface area contributed by atoms with Crippen LogP contribution in [0.4, 0.5) is 4.79 Å². The number of rotatable bonds is 5. The smallest absolute Gasteiger partial charge is 0.410 e. The molecule has 2 aliphatic rings.